The molecular formula is C53H94O5. The molecule has 1 unspecified atom stereocenters. The maximum Gasteiger partial charge on any atom is 0.306 e. The zero-order valence-corrected chi connectivity index (χ0v) is 38.6. The number of allylic oxidation sites excluding steroid dienone is 10. The smallest absolute Gasteiger partial charge is 0.306 e. The van der Waals surface area contributed by atoms with Gasteiger partial charge in [0.1, 0.15) is 6.61 Å². The maximum absolute atomic E-state index is 12.7. The van der Waals surface area contributed by atoms with Crippen LogP contribution in [0.1, 0.15) is 239 Å². The second-order valence-corrected chi connectivity index (χ2v) is 16.3. The van der Waals surface area contributed by atoms with Crippen molar-refractivity contribution in [2.45, 2.75) is 245 Å². The van der Waals surface area contributed by atoms with Gasteiger partial charge in [0.2, 0.25) is 0 Å². The summed E-state index contributed by atoms with van der Waals surface area (Å²) in [5.74, 6) is -0.421. The molecule has 0 aromatic carbocycles. The van der Waals surface area contributed by atoms with Crippen LogP contribution in [0.2, 0.25) is 0 Å². The highest BCUT2D eigenvalue weighted by Gasteiger charge is 2.17. The predicted molar refractivity (Wildman–Crippen MR) is 251 cm³/mol. The molecular weight excluding hydrogens is 717 g/mol. The minimum Gasteiger partial charge on any atom is -0.462 e. The monoisotopic (exact) mass is 811 g/mol. The highest BCUT2D eigenvalue weighted by atomic mass is 16.6. The van der Waals surface area contributed by atoms with Gasteiger partial charge in [0.25, 0.3) is 0 Å². The van der Waals surface area contributed by atoms with Crippen LogP contribution in [-0.2, 0) is 23.8 Å². The van der Waals surface area contributed by atoms with Crippen molar-refractivity contribution in [3.05, 3.63) is 60.8 Å². The van der Waals surface area contributed by atoms with Crippen molar-refractivity contribution in [3.63, 3.8) is 0 Å². The average Bonchev–Trinajstić information content (AvgIpc) is 3.22. The molecule has 0 spiro atoms. The minimum atomic E-state index is -0.553. The number of ether oxygens (including phenoxy) is 3. The van der Waals surface area contributed by atoms with Crippen molar-refractivity contribution in [3.8, 4) is 0 Å². The van der Waals surface area contributed by atoms with Crippen LogP contribution in [0.15, 0.2) is 60.8 Å². The summed E-state index contributed by atoms with van der Waals surface area (Å²) < 4.78 is 17.3. The minimum absolute atomic E-state index is 0.0692. The fourth-order valence-electron chi connectivity index (χ4n) is 6.85. The Hall–Kier alpha value is -2.40. The molecule has 0 aliphatic carbocycles. The van der Waals surface area contributed by atoms with Gasteiger partial charge in [0, 0.05) is 19.4 Å². The Kier molecular flexibility index (Phi) is 46.9. The van der Waals surface area contributed by atoms with E-state index in [9.17, 15) is 9.59 Å². The van der Waals surface area contributed by atoms with Gasteiger partial charge in [-0.15, -0.1) is 0 Å². The quantitative estimate of drug-likeness (QED) is 0.0348. The molecule has 0 aliphatic heterocycles. The van der Waals surface area contributed by atoms with E-state index in [-0.39, 0.29) is 25.2 Å². The molecule has 0 saturated heterocycles. The standard InChI is InChI=1S/C53H94O5/c1-4-7-10-13-16-19-22-24-26-28-30-33-36-39-42-45-48-56-49-51(58-53(55)47-44-41-38-35-31-21-18-15-12-9-6-3)50-57-52(54)46-43-40-37-34-32-29-27-25-23-20-17-14-11-8-5-2/h7,10,16,19,24-27,30,33,51H,4-6,8-9,11-15,17-18,20-23,28-29,31-32,34-50H2,1-3H3/b10-7-,19-16-,26-24-,27-25-,33-30-. The van der Waals surface area contributed by atoms with Gasteiger partial charge < -0.3 is 14.2 Å². The van der Waals surface area contributed by atoms with E-state index >= 15 is 0 Å². The van der Waals surface area contributed by atoms with Crippen LogP contribution >= 0.6 is 0 Å². The molecule has 0 heterocycles. The molecule has 0 radical (unpaired) electrons. The summed E-state index contributed by atoms with van der Waals surface area (Å²) >= 11 is 0. The first-order valence-corrected chi connectivity index (χ1v) is 24.8. The molecule has 0 saturated carbocycles. The van der Waals surface area contributed by atoms with E-state index in [0.717, 1.165) is 89.9 Å². The van der Waals surface area contributed by atoms with Gasteiger partial charge >= 0.3 is 11.9 Å². The summed E-state index contributed by atoms with van der Waals surface area (Å²) in [7, 11) is 0. The molecule has 0 bridgehead atoms. The summed E-state index contributed by atoms with van der Waals surface area (Å²) in [6.07, 6.45) is 60.8. The fraction of sp³-hybridized carbons (Fsp3) is 0.774. The van der Waals surface area contributed by atoms with Crippen LogP contribution in [0.25, 0.3) is 0 Å². The van der Waals surface area contributed by atoms with E-state index in [0.29, 0.717) is 19.4 Å². The Morgan fingerprint density at radius 3 is 1.26 bits per heavy atom. The molecule has 0 aliphatic rings. The number of hydrogen-bond acceptors (Lipinski definition) is 5. The molecule has 5 nitrogen and oxygen atoms in total. The summed E-state index contributed by atoms with van der Waals surface area (Å²) in [4.78, 5) is 25.3. The van der Waals surface area contributed by atoms with E-state index in [4.69, 9.17) is 14.2 Å². The lowest BCUT2D eigenvalue weighted by Crippen LogP contribution is -2.30. The van der Waals surface area contributed by atoms with Crippen molar-refractivity contribution in [2.24, 2.45) is 0 Å². The Labute approximate surface area is 360 Å². The molecule has 5 heteroatoms. The van der Waals surface area contributed by atoms with Crippen LogP contribution < -0.4 is 0 Å². The molecule has 336 valence electrons. The summed E-state index contributed by atoms with van der Waals surface area (Å²) in [5, 5.41) is 0. The van der Waals surface area contributed by atoms with E-state index in [1.165, 1.54) is 116 Å². The second kappa shape index (κ2) is 49.0. The Morgan fingerprint density at radius 1 is 0.397 bits per heavy atom. The average molecular weight is 811 g/mol. The lowest BCUT2D eigenvalue weighted by Gasteiger charge is -2.18. The maximum atomic E-state index is 12.7. The second-order valence-electron chi connectivity index (χ2n) is 16.3. The van der Waals surface area contributed by atoms with Gasteiger partial charge in [0.15, 0.2) is 6.10 Å². The first kappa shape index (κ1) is 55.6. The van der Waals surface area contributed by atoms with Crippen LogP contribution in [-0.4, -0.2) is 37.9 Å². The summed E-state index contributed by atoms with van der Waals surface area (Å²) in [5.41, 5.74) is 0. The van der Waals surface area contributed by atoms with Gasteiger partial charge in [-0.25, -0.2) is 0 Å². The summed E-state index contributed by atoms with van der Waals surface area (Å²) in [6, 6.07) is 0. The first-order chi connectivity index (χ1) is 28.6. The highest BCUT2D eigenvalue weighted by molar-refractivity contribution is 5.70. The molecule has 0 rings (SSSR count). The molecule has 1 atom stereocenters. The normalized spacial score (nSPS) is 12.7. The number of hydrogen-bond donors (Lipinski definition) is 0. The number of carbonyl (C=O) groups is 2. The topological polar surface area (TPSA) is 61.8 Å². The van der Waals surface area contributed by atoms with Crippen LogP contribution in [0, 0.1) is 0 Å². The lowest BCUT2D eigenvalue weighted by molar-refractivity contribution is -0.163. The van der Waals surface area contributed by atoms with E-state index < -0.39 is 6.10 Å². The first-order valence-electron chi connectivity index (χ1n) is 24.8. The molecule has 0 fully saturated rings. The third kappa shape index (κ3) is 46.3. The number of esters is 2. The molecule has 0 N–H and O–H groups in total. The number of unbranched alkanes of at least 4 members (excludes halogenated alkanes) is 24. The zero-order valence-electron chi connectivity index (χ0n) is 38.6. The van der Waals surface area contributed by atoms with Gasteiger partial charge in [-0.05, 0) is 83.5 Å². The van der Waals surface area contributed by atoms with Crippen molar-refractivity contribution >= 4 is 11.9 Å². The third-order valence-electron chi connectivity index (χ3n) is 10.5. The van der Waals surface area contributed by atoms with E-state index in [2.05, 4.69) is 81.5 Å². The number of rotatable bonds is 45. The van der Waals surface area contributed by atoms with Crippen molar-refractivity contribution in [1.29, 1.82) is 0 Å². The Bertz CT molecular complexity index is 1010. The van der Waals surface area contributed by atoms with Crippen LogP contribution in [0.5, 0.6) is 0 Å². The SMILES string of the molecule is CC/C=C\C/C=C\C/C=C\C/C=C\CCCCCOCC(COC(=O)CCCCCCC/C=C\CCCCCCCC)OC(=O)CCCCCCCCCCCCC. The lowest BCUT2D eigenvalue weighted by atomic mass is 10.1. The van der Waals surface area contributed by atoms with Gasteiger partial charge in [-0.3, -0.25) is 9.59 Å². The molecule has 0 aromatic heterocycles. The predicted octanol–water partition coefficient (Wildman–Crippen LogP) is 16.6. The third-order valence-corrected chi connectivity index (χ3v) is 10.5. The van der Waals surface area contributed by atoms with Gasteiger partial charge in [-0.1, -0.05) is 204 Å². The molecule has 58 heavy (non-hydrogen) atoms. The van der Waals surface area contributed by atoms with E-state index in [1.54, 1.807) is 0 Å². The number of carbonyl (C=O) groups excluding carboxylic acids is 2. The fourth-order valence-corrected chi connectivity index (χ4v) is 6.85. The zero-order chi connectivity index (χ0) is 42.1. The summed E-state index contributed by atoms with van der Waals surface area (Å²) in [6.45, 7) is 7.64. The van der Waals surface area contributed by atoms with Crippen LogP contribution in [0.3, 0.4) is 0 Å². The molecule has 0 aromatic rings. The van der Waals surface area contributed by atoms with Crippen LogP contribution in [0.4, 0.5) is 0 Å². The van der Waals surface area contributed by atoms with Crippen molar-refractivity contribution in [2.75, 3.05) is 19.8 Å². The highest BCUT2D eigenvalue weighted by Crippen LogP contribution is 2.14. The van der Waals surface area contributed by atoms with Gasteiger partial charge in [-0.2, -0.15) is 0 Å². The van der Waals surface area contributed by atoms with E-state index in [1.807, 2.05) is 0 Å². The largest absolute Gasteiger partial charge is 0.462 e. The van der Waals surface area contributed by atoms with Crippen molar-refractivity contribution < 1.29 is 23.8 Å². The van der Waals surface area contributed by atoms with Gasteiger partial charge in [0.05, 0.1) is 6.61 Å². The Morgan fingerprint density at radius 2 is 0.776 bits per heavy atom. The molecule has 0 amide bonds. The Balaban J connectivity index is 4.31. The van der Waals surface area contributed by atoms with Crippen molar-refractivity contribution in [1.82, 2.24) is 0 Å².